The van der Waals surface area contributed by atoms with E-state index in [9.17, 15) is 33.4 Å². The van der Waals surface area contributed by atoms with Gasteiger partial charge < -0.3 is 14.6 Å². The normalized spacial score (nSPS) is 11.1. The SMILES string of the molecule is O=C(c1ccc(-c2c3cc(F)c(=O)cc-3oc3cc(O)c(F)cc23)c(C(=O)O)c1)c1nncnn1. The summed E-state index contributed by atoms with van der Waals surface area (Å²) in [4.78, 5) is 36.7. The van der Waals surface area contributed by atoms with E-state index in [1.54, 1.807) is 0 Å². The minimum absolute atomic E-state index is 0.00721. The molecule has 3 aromatic rings. The number of hydrogen-bond donors (Lipinski definition) is 2. The van der Waals surface area contributed by atoms with E-state index in [0.29, 0.717) is 0 Å². The standard InChI is InChI=1S/C23H10F2N4O6/c24-14-4-12-18(6-16(14)30)35-19-7-17(31)15(25)5-13(19)20(12)10-2-1-9(3-11(10)23(33)34)21(32)22-28-26-8-27-29-22/h1-8,30H,(H,33,34). The van der Waals surface area contributed by atoms with E-state index < -0.39 is 40.1 Å². The van der Waals surface area contributed by atoms with Gasteiger partial charge in [0, 0.05) is 34.2 Å². The van der Waals surface area contributed by atoms with Crippen molar-refractivity contribution in [1.82, 2.24) is 20.4 Å². The Morgan fingerprint density at radius 1 is 0.914 bits per heavy atom. The lowest BCUT2D eigenvalue weighted by molar-refractivity contribution is 0.0697. The number of aromatic carboxylic acids is 1. The van der Waals surface area contributed by atoms with Crippen LogP contribution in [0, 0.1) is 11.6 Å². The molecule has 172 valence electrons. The number of fused-ring (bicyclic) bond motifs is 2. The molecule has 0 bridgehead atoms. The van der Waals surface area contributed by atoms with E-state index >= 15 is 0 Å². The van der Waals surface area contributed by atoms with Crippen molar-refractivity contribution >= 4 is 22.7 Å². The average molecular weight is 476 g/mol. The zero-order valence-corrected chi connectivity index (χ0v) is 17.2. The highest BCUT2D eigenvalue weighted by Crippen LogP contribution is 2.43. The van der Waals surface area contributed by atoms with Crippen molar-refractivity contribution in [2.24, 2.45) is 0 Å². The molecule has 35 heavy (non-hydrogen) atoms. The van der Waals surface area contributed by atoms with Crippen molar-refractivity contribution in [2.45, 2.75) is 0 Å². The summed E-state index contributed by atoms with van der Waals surface area (Å²) in [5, 5.41) is 33.7. The lowest BCUT2D eigenvalue weighted by Gasteiger charge is -2.17. The number of nitrogens with zero attached hydrogens (tertiary/aromatic N) is 4. The highest BCUT2D eigenvalue weighted by Gasteiger charge is 2.25. The second-order valence-electron chi connectivity index (χ2n) is 7.32. The first-order valence-corrected chi connectivity index (χ1v) is 9.76. The summed E-state index contributed by atoms with van der Waals surface area (Å²) in [5.41, 5.74) is -1.64. The molecule has 0 saturated carbocycles. The van der Waals surface area contributed by atoms with Crippen molar-refractivity contribution in [3.8, 4) is 28.2 Å². The topological polar surface area (TPSA) is 156 Å². The van der Waals surface area contributed by atoms with E-state index in [-0.39, 0.29) is 44.8 Å². The summed E-state index contributed by atoms with van der Waals surface area (Å²) in [5.74, 6) is -5.64. The summed E-state index contributed by atoms with van der Waals surface area (Å²) in [6.07, 6.45) is 1.02. The lowest BCUT2D eigenvalue weighted by atomic mass is 9.89. The fourth-order valence-corrected chi connectivity index (χ4v) is 3.70. The van der Waals surface area contributed by atoms with Gasteiger partial charge in [0.15, 0.2) is 23.7 Å². The molecule has 10 nitrogen and oxygen atoms in total. The Balaban J connectivity index is 1.84. The molecule has 0 atom stereocenters. The zero-order valence-electron chi connectivity index (χ0n) is 17.2. The number of rotatable bonds is 4. The van der Waals surface area contributed by atoms with Crippen LogP contribution in [0.4, 0.5) is 8.78 Å². The smallest absolute Gasteiger partial charge is 0.336 e. The molecule has 1 aromatic heterocycles. The third-order valence-electron chi connectivity index (χ3n) is 5.23. The molecule has 1 aliphatic carbocycles. The largest absolute Gasteiger partial charge is 0.505 e. The third-order valence-corrected chi connectivity index (χ3v) is 5.23. The van der Waals surface area contributed by atoms with Crippen LogP contribution in [0.3, 0.4) is 0 Å². The summed E-state index contributed by atoms with van der Waals surface area (Å²) in [6.45, 7) is 0. The first kappa shape index (κ1) is 21.7. The van der Waals surface area contributed by atoms with Crippen molar-refractivity contribution in [3.05, 3.63) is 87.6 Å². The highest BCUT2D eigenvalue weighted by molar-refractivity contribution is 6.11. The lowest BCUT2D eigenvalue weighted by Crippen LogP contribution is -2.11. The van der Waals surface area contributed by atoms with Crippen LogP contribution in [0.25, 0.3) is 33.4 Å². The summed E-state index contributed by atoms with van der Waals surface area (Å²) in [7, 11) is 0. The predicted octanol–water partition coefficient (Wildman–Crippen LogP) is 3.06. The second-order valence-corrected chi connectivity index (χ2v) is 7.32. The predicted molar refractivity (Wildman–Crippen MR) is 114 cm³/mol. The fraction of sp³-hybridized carbons (Fsp3) is 0. The van der Waals surface area contributed by atoms with E-state index in [2.05, 4.69) is 20.4 Å². The number of carbonyl (C=O) groups excluding carboxylic acids is 1. The minimum atomic E-state index is -1.46. The first-order chi connectivity index (χ1) is 16.7. The number of phenols is 1. The van der Waals surface area contributed by atoms with Crippen LogP contribution in [0.15, 0.2) is 58.0 Å². The molecule has 12 heteroatoms. The van der Waals surface area contributed by atoms with Gasteiger partial charge in [0.05, 0.1) is 5.56 Å². The maximum Gasteiger partial charge on any atom is 0.336 e. The van der Waals surface area contributed by atoms with Crippen molar-refractivity contribution in [1.29, 1.82) is 0 Å². The molecule has 0 amide bonds. The van der Waals surface area contributed by atoms with E-state index in [1.807, 2.05) is 0 Å². The zero-order chi connectivity index (χ0) is 24.9. The number of ketones is 1. The van der Waals surface area contributed by atoms with Crippen LogP contribution in [0.1, 0.15) is 26.5 Å². The number of phenolic OH excluding ortho intramolecular Hbond substituents is 1. The Kier molecular flexibility index (Phi) is 4.97. The Morgan fingerprint density at radius 3 is 2.37 bits per heavy atom. The van der Waals surface area contributed by atoms with Gasteiger partial charge in [0.1, 0.15) is 11.3 Å². The van der Waals surface area contributed by atoms with Crippen molar-refractivity contribution in [3.63, 3.8) is 0 Å². The van der Waals surface area contributed by atoms with Crippen LogP contribution in [0.2, 0.25) is 0 Å². The van der Waals surface area contributed by atoms with Crippen molar-refractivity contribution < 1.29 is 33.0 Å². The molecule has 0 unspecified atom stereocenters. The van der Waals surface area contributed by atoms with Gasteiger partial charge in [-0.15, -0.1) is 20.4 Å². The molecule has 0 spiro atoms. The number of carboxylic acid groups (broad SMARTS) is 1. The third kappa shape index (κ3) is 3.62. The quantitative estimate of drug-likeness (QED) is 0.292. The summed E-state index contributed by atoms with van der Waals surface area (Å²) in [6, 6.07) is 7.14. The number of aromatic nitrogens is 4. The van der Waals surface area contributed by atoms with Gasteiger partial charge in [-0.2, -0.15) is 0 Å². The fourth-order valence-electron chi connectivity index (χ4n) is 3.70. The number of benzene rings is 3. The van der Waals surface area contributed by atoms with Gasteiger partial charge in [-0.1, -0.05) is 12.1 Å². The first-order valence-electron chi connectivity index (χ1n) is 9.76. The van der Waals surface area contributed by atoms with Crippen LogP contribution < -0.4 is 5.43 Å². The van der Waals surface area contributed by atoms with Gasteiger partial charge in [0.2, 0.25) is 17.0 Å². The molecule has 1 aliphatic heterocycles. The molecular formula is C23H10F2N4O6. The molecule has 0 saturated heterocycles. The summed E-state index contributed by atoms with van der Waals surface area (Å²) < 4.78 is 34.1. The number of aromatic hydroxyl groups is 1. The van der Waals surface area contributed by atoms with E-state index in [1.165, 1.54) is 12.1 Å². The molecule has 2 aromatic carbocycles. The Hall–Kier alpha value is -5.13. The molecule has 2 N–H and O–H groups in total. The van der Waals surface area contributed by atoms with Gasteiger partial charge >= 0.3 is 5.97 Å². The van der Waals surface area contributed by atoms with E-state index in [0.717, 1.165) is 36.7 Å². The number of carboxylic acids is 1. The maximum absolute atomic E-state index is 14.3. The number of halogens is 2. The Labute approximate surface area is 192 Å². The molecule has 0 fully saturated rings. The minimum Gasteiger partial charge on any atom is -0.505 e. The number of hydrogen-bond acceptors (Lipinski definition) is 9. The van der Waals surface area contributed by atoms with Gasteiger partial charge in [-0.3, -0.25) is 9.59 Å². The van der Waals surface area contributed by atoms with Crippen LogP contribution in [0.5, 0.6) is 5.75 Å². The maximum atomic E-state index is 14.3. The number of carbonyl (C=O) groups is 2. The Morgan fingerprint density at radius 2 is 1.66 bits per heavy atom. The van der Waals surface area contributed by atoms with Gasteiger partial charge in [-0.25, -0.2) is 13.6 Å². The van der Waals surface area contributed by atoms with Crippen molar-refractivity contribution in [2.75, 3.05) is 0 Å². The van der Waals surface area contributed by atoms with Crippen LogP contribution in [-0.2, 0) is 0 Å². The molecule has 5 rings (SSSR count). The molecule has 2 heterocycles. The molecular weight excluding hydrogens is 466 g/mol. The monoisotopic (exact) mass is 476 g/mol. The highest BCUT2D eigenvalue weighted by atomic mass is 19.1. The van der Waals surface area contributed by atoms with Gasteiger partial charge in [0.25, 0.3) is 0 Å². The summed E-state index contributed by atoms with van der Waals surface area (Å²) >= 11 is 0. The molecule has 0 radical (unpaired) electrons. The average Bonchev–Trinajstić information content (AvgIpc) is 2.84. The Bertz CT molecular complexity index is 1700. The van der Waals surface area contributed by atoms with E-state index in [4.69, 9.17) is 4.42 Å². The van der Waals surface area contributed by atoms with Crippen LogP contribution in [-0.4, -0.2) is 42.4 Å². The molecule has 2 aliphatic rings. The van der Waals surface area contributed by atoms with Gasteiger partial charge in [-0.05, 0) is 23.8 Å². The second kappa shape index (κ2) is 8.02. The van der Waals surface area contributed by atoms with Crippen LogP contribution >= 0.6 is 0 Å².